The first-order chi connectivity index (χ1) is 10.2. The summed E-state index contributed by atoms with van der Waals surface area (Å²) in [7, 11) is 3.77. The third-order valence-electron chi connectivity index (χ3n) is 3.87. The monoisotopic (exact) mass is 303 g/mol. The molecule has 1 aliphatic carbocycles. The van der Waals surface area contributed by atoms with Crippen LogP contribution in [-0.4, -0.2) is 19.1 Å². The van der Waals surface area contributed by atoms with Crippen LogP contribution in [0.1, 0.15) is 35.0 Å². The highest BCUT2D eigenvalue weighted by Gasteiger charge is 2.22. The summed E-state index contributed by atoms with van der Waals surface area (Å²) in [6, 6.07) is 8.27. The second-order valence-electron chi connectivity index (χ2n) is 5.51. The molecule has 0 fully saturated rings. The zero-order valence-electron chi connectivity index (χ0n) is 12.5. The van der Waals surface area contributed by atoms with Crippen LogP contribution in [0, 0.1) is 0 Å². The van der Waals surface area contributed by atoms with Crippen LogP contribution in [-0.2, 0) is 13.0 Å². The third-order valence-corrected chi connectivity index (χ3v) is 5.11. The van der Waals surface area contributed by atoms with Gasteiger partial charge < -0.3 is 15.4 Å². The summed E-state index contributed by atoms with van der Waals surface area (Å²) in [6.45, 7) is 0.818. The molecular weight excluding hydrogens is 282 g/mol. The van der Waals surface area contributed by atoms with Crippen LogP contribution in [0.4, 0.5) is 5.13 Å². The van der Waals surface area contributed by atoms with Gasteiger partial charge in [0.2, 0.25) is 0 Å². The van der Waals surface area contributed by atoms with E-state index in [-0.39, 0.29) is 6.04 Å². The third kappa shape index (κ3) is 3.04. The van der Waals surface area contributed by atoms with Crippen molar-refractivity contribution < 1.29 is 4.74 Å². The number of hydrogen-bond donors (Lipinski definition) is 1. The fraction of sp³-hybridized carbons (Fsp3) is 0.438. The molecule has 4 nitrogen and oxygen atoms in total. The Labute approximate surface area is 129 Å². The van der Waals surface area contributed by atoms with Crippen LogP contribution < -0.4 is 15.4 Å². The van der Waals surface area contributed by atoms with Crippen molar-refractivity contribution in [1.29, 1.82) is 0 Å². The lowest BCUT2D eigenvalue weighted by molar-refractivity contribution is 0.414. The number of hydrogen-bond acceptors (Lipinski definition) is 5. The van der Waals surface area contributed by atoms with Crippen molar-refractivity contribution in [3.05, 3.63) is 40.4 Å². The molecule has 0 amide bonds. The van der Waals surface area contributed by atoms with Crippen LogP contribution in [0.3, 0.4) is 0 Å². The van der Waals surface area contributed by atoms with Crippen LogP contribution in [0.2, 0.25) is 0 Å². The van der Waals surface area contributed by atoms with Gasteiger partial charge in [-0.3, -0.25) is 0 Å². The minimum atomic E-state index is 0.115. The summed E-state index contributed by atoms with van der Waals surface area (Å²) >= 11 is 1.78. The second kappa shape index (κ2) is 6.03. The summed E-state index contributed by atoms with van der Waals surface area (Å²) in [5, 5.41) is 1.06. The minimum absolute atomic E-state index is 0.115. The number of fused-ring (bicyclic) bond motifs is 1. The Bertz CT molecular complexity index is 626. The fourth-order valence-electron chi connectivity index (χ4n) is 2.71. The van der Waals surface area contributed by atoms with Crippen LogP contribution in [0.25, 0.3) is 0 Å². The fourth-order valence-corrected chi connectivity index (χ4v) is 3.85. The molecule has 21 heavy (non-hydrogen) atoms. The van der Waals surface area contributed by atoms with E-state index in [0.29, 0.717) is 0 Å². The van der Waals surface area contributed by atoms with Crippen molar-refractivity contribution in [2.45, 2.75) is 31.8 Å². The summed E-state index contributed by atoms with van der Waals surface area (Å²) in [6.07, 6.45) is 3.35. The van der Waals surface area contributed by atoms with E-state index in [4.69, 9.17) is 15.5 Å². The predicted octanol–water partition coefficient (Wildman–Crippen LogP) is 3.12. The van der Waals surface area contributed by atoms with E-state index in [9.17, 15) is 0 Å². The summed E-state index contributed by atoms with van der Waals surface area (Å²) in [5.74, 6) is 0.890. The number of nitrogens with two attached hydrogens (primary N) is 1. The SMILES string of the molecule is COc1cccc(CN(C)c2nc3c(s2)CCCC3N)c1. The zero-order chi connectivity index (χ0) is 14.8. The quantitative estimate of drug-likeness (QED) is 0.943. The van der Waals surface area contributed by atoms with Gasteiger partial charge in [-0.15, -0.1) is 11.3 Å². The number of ether oxygens (including phenoxy) is 1. The molecule has 1 aliphatic rings. The molecule has 1 aromatic heterocycles. The van der Waals surface area contributed by atoms with Gasteiger partial charge in [0.05, 0.1) is 12.8 Å². The summed E-state index contributed by atoms with van der Waals surface area (Å²) in [5.41, 5.74) is 8.49. The average Bonchev–Trinajstić information content (AvgIpc) is 2.93. The van der Waals surface area contributed by atoms with Crippen molar-refractivity contribution in [2.75, 3.05) is 19.1 Å². The van der Waals surface area contributed by atoms with E-state index >= 15 is 0 Å². The number of aromatic nitrogens is 1. The van der Waals surface area contributed by atoms with Gasteiger partial charge in [-0.1, -0.05) is 12.1 Å². The van der Waals surface area contributed by atoms with Crippen LogP contribution >= 0.6 is 11.3 Å². The number of anilines is 1. The number of thiazole rings is 1. The van der Waals surface area contributed by atoms with Gasteiger partial charge in [-0.25, -0.2) is 4.98 Å². The van der Waals surface area contributed by atoms with Crippen molar-refractivity contribution in [3.8, 4) is 5.75 Å². The molecule has 0 aliphatic heterocycles. The van der Waals surface area contributed by atoms with Crippen molar-refractivity contribution >= 4 is 16.5 Å². The molecule has 0 spiro atoms. The Morgan fingerprint density at radius 1 is 1.48 bits per heavy atom. The molecule has 0 bridgehead atoms. The molecule has 1 aromatic carbocycles. The van der Waals surface area contributed by atoms with Gasteiger partial charge in [0.15, 0.2) is 5.13 Å². The smallest absolute Gasteiger partial charge is 0.185 e. The van der Waals surface area contributed by atoms with E-state index in [1.54, 1.807) is 18.4 Å². The molecule has 1 atom stereocenters. The summed E-state index contributed by atoms with van der Waals surface area (Å²) < 4.78 is 5.27. The summed E-state index contributed by atoms with van der Waals surface area (Å²) in [4.78, 5) is 8.31. The van der Waals surface area contributed by atoms with E-state index in [2.05, 4.69) is 24.1 Å². The Kier molecular flexibility index (Phi) is 4.12. The molecule has 1 heterocycles. The van der Waals surface area contributed by atoms with Gasteiger partial charge in [0.25, 0.3) is 0 Å². The highest BCUT2D eigenvalue weighted by Crippen LogP contribution is 2.35. The molecule has 2 aromatic rings. The average molecular weight is 303 g/mol. The first kappa shape index (κ1) is 14.4. The maximum atomic E-state index is 6.16. The minimum Gasteiger partial charge on any atom is -0.497 e. The number of rotatable bonds is 4. The number of methoxy groups -OCH3 is 1. The molecule has 112 valence electrons. The topological polar surface area (TPSA) is 51.4 Å². The Balaban J connectivity index is 1.77. The highest BCUT2D eigenvalue weighted by atomic mass is 32.1. The highest BCUT2D eigenvalue weighted by molar-refractivity contribution is 7.15. The van der Waals surface area contributed by atoms with Gasteiger partial charge in [-0.05, 0) is 37.0 Å². The maximum absolute atomic E-state index is 6.16. The lowest BCUT2D eigenvalue weighted by atomic mass is 9.99. The standard InChI is InChI=1S/C16H21N3OS/c1-19(10-11-5-3-6-12(9-11)20-2)16-18-15-13(17)7-4-8-14(15)21-16/h3,5-6,9,13H,4,7-8,10,17H2,1-2H3. The van der Waals surface area contributed by atoms with Gasteiger partial charge in [0, 0.05) is 24.5 Å². The largest absolute Gasteiger partial charge is 0.497 e. The van der Waals surface area contributed by atoms with Crippen LogP contribution in [0.15, 0.2) is 24.3 Å². The molecule has 0 saturated heterocycles. The molecule has 5 heteroatoms. The van der Waals surface area contributed by atoms with Gasteiger partial charge in [-0.2, -0.15) is 0 Å². The molecule has 0 saturated carbocycles. The Hall–Kier alpha value is -1.59. The maximum Gasteiger partial charge on any atom is 0.185 e. The lowest BCUT2D eigenvalue weighted by Gasteiger charge is -2.16. The van der Waals surface area contributed by atoms with Gasteiger partial charge in [0.1, 0.15) is 5.75 Å². The van der Waals surface area contributed by atoms with E-state index in [0.717, 1.165) is 36.0 Å². The number of benzene rings is 1. The Morgan fingerprint density at radius 2 is 2.33 bits per heavy atom. The molecule has 0 radical (unpaired) electrons. The molecular formula is C16H21N3OS. The van der Waals surface area contributed by atoms with E-state index in [1.165, 1.54) is 16.9 Å². The first-order valence-electron chi connectivity index (χ1n) is 7.26. The Morgan fingerprint density at radius 3 is 3.10 bits per heavy atom. The van der Waals surface area contributed by atoms with Crippen molar-refractivity contribution in [3.63, 3.8) is 0 Å². The predicted molar refractivity (Wildman–Crippen MR) is 87.1 cm³/mol. The second-order valence-corrected chi connectivity index (χ2v) is 6.57. The first-order valence-corrected chi connectivity index (χ1v) is 8.08. The zero-order valence-corrected chi connectivity index (χ0v) is 13.3. The van der Waals surface area contributed by atoms with Crippen LogP contribution in [0.5, 0.6) is 5.75 Å². The van der Waals surface area contributed by atoms with Crippen molar-refractivity contribution in [1.82, 2.24) is 4.98 Å². The molecule has 2 N–H and O–H groups in total. The van der Waals surface area contributed by atoms with E-state index in [1.807, 2.05) is 12.1 Å². The van der Waals surface area contributed by atoms with Crippen molar-refractivity contribution in [2.24, 2.45) is 5.73 Å². The number of aryl methyl sites for hydroxylation is 1. The lowest BCUT2D eigenvalue weighted by Crippen LogP contribution is -2.18. The number of nitrogens with zero attached hydrogens (tertiary/aromatic N) is 2. The van der Waals surface area contributed by atoms with Gasteiger partial charge >= 0.3 is 0 Å². The molecule has 1 unspecified atom stereocenters. The normalized spacial score (nSPS) is 17.4. The molecule has 3 rings (SSSR count). The van der Waals surface area contributed by atoms with E-state index < -0.39 is 0 Å².